The fourth-order valence-electron chi connectivity index (χ4n) is 5.92. The smallest absolute Gasteiger partial charge is 0.270 e. The molecule has 2 N–H and O–H groups in total. The van der Waals surface area contributed by atoms with Crippen LogP contribution in [-0.4, -0.2) is 30.8 Å². The van der Waals surface area contributed by atoms with E-state index in [1.165, 1.54) is 32.4 Å². The van der Waals surface area contributed by atoms with Crippen LogP contribution in [0.3, 0.4) is 0 Å². The molecule has 0 radical (unpaired) electrons. The van der Waals surface area contributed by atoms with E-state index >= 15 is 0 Å². The van der Waals surface area contributed by atoms with Gasteiger partial charge in [0.05, 0.1) is 9.82 Å². The standard InChI is InChI=1S/C21H29N3O5S/c1-12-4-5-17(24(26)27)11-18(12)30(28,29)23-21(2,3)20(25)22-19-15-7-13-6-14(9-15)10-16(19)8-13/h4-5,11,13-16,19,23H,6-10H2,1-3H3,(H,22,25). The lowest BCUT2D eigenvalue weighted by Crippen LogP contribution is -2.62. The van der Waals surface area contributed by atoms with Gasteiger partial charge in [0, 0.05) is 18.2 Å². The average Bonchev–Trinajstić information content (AvgIpc) is 2.63. The molecule has 4 bridgehead atoms. The van der Waals surface area contributed by atoms with E-state index in [9.17, 15) is 23.3 Å². The van der Waals surface area contributed by atoms with E-state index in [4.69, 9.17) is 0 Å². The van der Waals surface area contributed by atoms with Gasteiger partial charge in [-0.3, -0.25) is 14.9 Å². The zero-order chi connectivity index (χ0) is 21.8. The molecule has 1 amide bonds. The van der Waals surface area contributed by atoms with Gasteiger partial charge in [0.25, 0.3) is 5.69 Å². The first-order valence-electron chi connectivity index (χ1n) is 10.6. The van der Waals surface area contributed by atoms with Crippen LogP contribution in [0.25, 0.3) is 0 Å². The fraction of sp³-hybridized carbons (Fsp3) is 0.667. The number of carbonyl (C=O) groups is 1. The van der Waals surface area contributed by atoms with Gasteiger partial charge in [0.2, 0.25) is 15.9 Å². The Morgan fingerprint density at radius 3 is 2.20 bits per heavy atom. The number of hydrogen-bond acceptors (Lipinski definition) is 5. The zero-order valence-corrected chi connectivity index (χ0v) is 18.4. The van der Waals surface area contributed by atoms with Gasteiger partial charge in [-0.15, -0.1) is 0 Å². The van der Waals surface area contributed by atoms with Gasteiger partial charge >= 0.3 is 0 Å². The van der Waals surface area contributed by atoms with Crippen molar-refractivity contribution in [1.29, 1.82) is 0 Å². The molecule has 30 heavy (non-hydrogen) atoms. The van der Waals surface area contributed by atoms with E-state index in [1.807, 2.05) is 0 Å². The van der Waals surface area contributed by atoms with Crippen molar-refractivity contribution in [2.75, 3.05) is 0 Å². The summed E-state index contributed by atoms with van der Waals surface area (Å²) in [7, 11) is -4.13. The summed E-state index contributed by atoms with van der Waals surface area (Å²) in [5.41, 5.74) is -1.31. The summed E-state index contributed by atoms with van der Waals surface area (Å²) in [5, 5.41) is 14.2. The summed E-state index contributed by atoms with van der Waals surface area (Å²) < 4.78 is 28.4. The maximum absolute atomic E-state index is 13.1. The highest BCUT2D eigenvalue weighted by Crippen LogP contribution is 2.53. The molecule has 0 aromatic heterocycles. The van der Waals surface area contributed by atoms with Crippen molar-refractivity contribution in [3.8, 4) is 0 Å². The number of nitrogens with zero attached hydrogens (tertiary/aromatic N) is 1. The molecule has 9 heteroatoms. The van der Waals surface area contributed by atoms with E-state index in [0.29, 0.717) is 17.4 Å². The molecular formula is C21H29N3O5S. The normalized spacial score (nSPS) is 30.3. The van der Waals surface area contributed by atoms with Crippen LogP contribution in [0.2, 0.25) is 0 Å². The first-order valence-corrected chi connectivity index (χ1v) is 12.0. The van der Waals surface area contributed by atoms with E-state index in [-0.39, 0.29) is 22.5 Å². The maximum Gasteiger partial charge on any atom is 0.270 e. The van der Waals surface area contributed by atoms with Crippen molar-refractivity contribution in [2.45, 2.75) is 69.4 Å². The van der Waals surface area contributed by atoms with E-state index in [1.54, 1.807) is 6.92 Å². The first-order chi connectivity index (χ1) is 14.0. The number of carbonyl (C=O) groups excluding carboxylic acids is 1. The highest BCUT2D eigenvalue weighted by atomic mass is 32.2. The lowest BCUT2D eigenvalue weighted by molar-refractivity contribution is -0.385. The Balaban J connectivity index is 1.50. The fourth-order valence-corrected chi connectivity index (χ4v) is 7.56. The number of sulfonamides is 1. The first kappa shape index (κ1) is 21.2. The largest absolute Gasteiger partial charge is 0.351 e. The van der Waals surface area contributed by atoms with Crippen LogP contribution in [0, 0.1) is 40.7 Å². The quantitative estimate of drug-likeness (QED) is 0.526. The number of benzene rings is 1. The highest BCUT2D eigenvalue weighted by molar-refractivity contribution is 7.89. The summed E-state index contributed by atoms with van der Waals surface area (Å²) in [4.78, 5) is 23.3. The Morgan fingerprint density at radius 1 is 1.10 bits per heavy atom. The predicted molar refractivity (Wildman–Crippen MR) is 111 cm³/mol. The number of hydrogen-bond donors (Lipinski definition) is 2. The minimum absolute atomic E-state index is 0.105. The average molecular weight is 436 g/mol. The summed E-state index contributed by atoms with van der Waals surface area (Å²) >= 11 is 0. The number of rotatable bonds is 6. The van der Waals surface area contributed by atoms with Crippen LogP contribution < -0.4 is 10.0 Å². The van der Waals surface area contributed by atoms with Crippen LogP contribution in [0.1, 0.15) is 51.5 Å². The lowest BCUT2D eigenvalue weighted by atomic mass is 9.54. The molecule has 0 saturated heterocycles. The van der Waals surface area contributed by atoms with E-state index in [0.717, 1.165) is 43.6 Å². The van der Waals surface area contributed by atoms with Crippen molar-refractivity contribution < 1.29 is 18.1 Å². The molecule has 5 rings (SSSR count). The van der Waals surface area contributed by atoms with Crippen molar-refractivity contribution in [2.24, 2.45) is 23.7 Å². The topological polar surface area (TPSA) is 118 Å². The molecule has 4 aliphatic rings. The second kappa shape index (κ2) is 7.30. The van der Waals surface area contributed by atoms with Crippen LogP contribution in [0.15, 0.2) is 23.1 Å². The molecule has 0 aliphatic heterocycles. The van der Waals surface area contributed by atoms with Gasteiger partial charge in [-0.05, 0) is 82.1 Å². The summed E-state index contributed by atoms with van der Waals surface area (Å²) in [5.74, 6) is 2.17. The molecule has 0 atom stereocenters. The molecule has 164 valence electrons. The van der Waals surface area contributed by atoms with Crippen LogP contribution in [-0.2, 0) is 14.8 Å². The van der Waals surface area contributed by atoms with Gasteiger partial charge in [0.15, 0.2) is 0 Å². The number of non-ortho nitro benzene ring substituents is 1. The molecule has 4 aliphatic carbocycles. The molecule has 1 aromatic carbocycles. The second-order valence-corrected chi connectivity index (χ2v) is 11.5. The lowest BCUT2D eigenvalue weighted by Gasteiger charge is -2.54. The SMILES string of the molecule is Cc1ccc([N+](=O)[O-])cc1S(=O)(=O)NC(C)(C)C(=O)NC1C2CC3CC(C2)CC1C3. The number of nitrogens with one attached hydrogen (secondary N) is 2. The summed E-state index contributed by atoms with van der Waals surface area (Å²) in [6, 6.07) is 3.80. The van der Waals surface area contributed by atoms with Gasteiger partial charge in [0.1, 0.15) is 5.54 Å². The van der Waals surface area contributed by atoms with Crippen molar-refractivity contribution in [3.63, 3.8) is 0 Å². The molecule has 0 unspecified atom stereocenters. The maximum atomic E-state index is 13.1. The number of nitro benzene ring substituents is 1. The number of aryl methyl sites for hydroxylation is 1. The summed E-state index contributed by atoms with van der Waals surface area (Å²) in [6.07, 6.45) is 5.92. The third-order valence-electron chi connectivity index (χ3n) is 7.15. The molecule has 0 heterocycles. The Labute approximate surface area is 177 Å². The molecule has 0 spiro atoms. The Hall–Kier alpha value is -2.00. The van der Waals surface area contributed by atoms with Crippen LogP contribution >= 0.6 is 0 Å². The Kier molecular flexibility index (Phi) is 5.17. The van der Waals surface area contributed by atoms with Crippen molar-refractivity contribution in [3.05, 3.63) is 33.9 Å². The molecule has 8 nitrogen and oxygen atoms in total. The second-order valence-electron chi connectivity index (χ2n) is 9.87. The zero-order valence-electron chi connectivity index (χ0n) is 17.6. The predicted octanol–water partition coefficient (Wildman–Crippen LogP) is 2.90. The van der Waals surface area contributed by atoms with Crippen molar-refractivity contribution in [1.82, 2.24) is 10.0 Å². The minimum atomic E-state index is -4.13. The Morgan fingerprint density at radius 2 is 1.67 bits per heavy atom. The van der Waals surface area contributed by atoms with E-state index < -0.39 is 20.5 Å². The van der Waals surface area contributed by atoms with Crippen LogP contribution in [0.5, 0.6) is 0 Å². The number of amides is 1. The van der Waals surface area contributed by atoms with Gasteiger partial charge in [-0.1, -0.05) is 6.07 Å². The molecule has 1 aromatic rings. The Bertz CT molecular complexity index is 960. The minimum Gasteiger partial charge on any atom is -0.351 e. The summed E-state index contributed by atoms with van der Waals surface area (Å²) in [6.45, 7) is 4.63. The van der Waals surface area contributed by atoms with Gasteiger partial charge in [-0.25, -0.2) is 8.42 Å². The van der Waals surface area contributed by atoms with Gasteiger partial charge in [-0.2, -0.15) is 4.72 Å². The van der Waals surface area contributed by atoms with Gasteiger partial charge < -0.3 is 5.32 Å². The van der Waals surface area contributed by atoms with E-state index in [2.05, 4.69) is 10.0 Å². The van der Waals surface area contributed by atoms with Crippen LogP contribution in [0.4, 0.5) is 5.69 Å². The third kappa shape index (κ3) is 3.85. The molecule has 4 fully saturated rings. The van der Waals surface area contributed by atoms with Crippen molar-refractivity contribution >= 4 is 21.6 Å². The number of nitro groups is 1. The monoisotopic (exact) mass is 435 g/mol. The molecule has 4 saturated carbocycles. The third-order valence-corrected chi connectivity index (χ3v) is 8.95. The highest BCUT2D eigenvalue weighted by Gasteiger charge is 2.49. The molecular weight excluding hydrogens is 406 g/mol.